The van der Waals surface area contributed by atoms with Crippen LogP contribution in [0.4, 0.5) is 5.82 Å². The summed E-state index contributed by atoms with van der Waals surface area (Å²) in [6, 6.07) is 9.71. The molecule has 0 spiro atoms. The topological polar surface area (TPSA) is 72.0 Å². The number of aromatic nitrogens is 2. The van der Waals surface area contributed by atoms with Crippen molar-refractivity contribution in [1.29, 1.82) is 0 Å². The minimum atomic E-state index is -3.61. The standard InChI is InChI=1S/C11H10BrN3O2S/c1-8-2-4-9(5-3-8)18(16,17)15-11-7-6-10(12)13-14-11/h2-7H,1H3,(H,14,15). The van der Waals surface area contributed by atoms with E-state index in [4.69, 9.17) is 0 Å². The summed E-state index contributed by atoms with van der Waals surface area (Å²) in [4.78, 5) is 0.192. The molecule has 0 aliphatic carbocycles. The molecular formula is C11H10BrN3O2S. The molecule has 0 unspecified atom stereocenters. The average molecular weight is 328 g/mol. The second-order valence-electron chi connectivity index (χ2n) is 3.66. The van der Waals surface area contributed by atoms with Gasteiger partial charge in [0.15, 0.2) is 5.82 Å². The van der Waals surface area contributed by atoms with Crippen molar-refractivity contribution in [1.82, 2.24) is 10.2 Å². The van der Waals surface area contributed by atoms with Gasteiger partial charge < -0.3 is 0 Å². The molecule has 7 heteroatoms. The molecule has 1 aromatic heterocycles. The van der Waals surface area contributed by atoms with Gasteiger partial charge in [0.1, 0.15) is 4.60 Å². The molecular weight excluding hydrogens is 318 g/mol. The predicted octanol–water partition coefficient (Wildman–Crippen LogP) is 2.35. The zero-order valence-electron chi connectivity index (χ0n) is 9.46. The summed E-state index contributed by atoms with van der Waals surface area (Å²) in [6.45, 7) is 1.89. The molecule has 0 atom stereocenters. The van der Waals surface area contributed by atoms with Crippen molar-refractivity contribution in [3.63, 3.8) is 0 Å². The van der Waals surface area contributed by atoms with Crippen LogP contribution in [0.5, 0.6) is 0 Å². The molecule has 0 fully saturated rings. The minimum Gasteiger partial charge on any atom is -0.262 e. The number of hydrogen-bond acceptors (Lipinski definition) is 4. The fourth-order valence-corrected chi connectivity index (χ4v) is 2.49. The van der Waals surface area contributed by atoms with Gasteiger partial charge in [-0.1, -0.05) is 17.7 Å². The van der Waals surface area contributed by atoms with E-state index >= 15 is 0 Å². The van der Waals surface area contributed by atoms with E-state index in [1.54, 1.807) is 30.3 Å². The molecule has 5 nitrogen and oxygen atoms in total. The monoisotopic (exact) mass is 327 g/mol. The molecule has 1 aromatic carbocycles. The van der Waals surface area contributed by atoms with E-state index in [0.717, 1.165) is 5.56 Å². The first kappa shape index (κ1) is 13.0. The van der Waals surface area contributed by atoms with Crippen LogP contribution >= 0.6 is 15.9 Å². The lowest BCUT2D eigenvalue weighted by molar-refractivity contribution is 0.601. The Bertz CT molecular complexity index is 639. The van der Waals surface area contributed by atoms with Gasteiger partial charge in [-0.25, -0.2) is 8.42 Å². The lowest BCUT2D eigenvalue weighted by Gasteiger charge is -2.06. The first-order chi connectivity index (χ1) is 8.47. The Morgan fingerprint density at radius 2 is 1.72 bits per heavy atom. The normalized spacial score (nSPS) is 11.2. The number of halogens is 1. The molecule has 2 rings (SSSR count). The number of anilines is 1. The van der Waals surface area contributed by atoms with Gasteiger partial charge >= 0.3 is 0 Å². The molecule has 0 saturated carbocycles. The van der Waals surface area contributed by atoms with E-state index in [1.165, 1.54) is 6.07 Å². The first-order valence-electron chi connectivity index (χ1n) is 5.06. The van der Waals surface area contributed by atoms with Crippen molar-refractivity contribution in [3.05, 3.63) is 46.6 Å². The molecule has 0 aliphatic heterocycles. The molecule has 0 aliphatic rings. The molecule has 2 aromatic rings. The van der Waals surface area contributed by atoms with Crippen LogP contribution in [0.2, 0.25) is 0 Å². The summed E-state index contributed by atoms with van der Waals surface area (Å²) in [7, 11) is -3.61. The number of benzene rings is 1. The largest absolute Gasteiger partial charge is 0.263 e. The second-order valence-corrected chi connectivity index (χ2v) is 6.15. The summed E-state index contributed by atoms with van der Waals surface area (Å²) in [6.07, 6.45) is 0. The Hall–Kier alpha value is -1.47. The van der Waals surface area contributed by atoms with Crippen LogP contribution in [0, 0.1) is 6.92 Å². The van der Waals surface area contributed by atoms with E-state index in [0.29, 0.717) is 4.60 Å². The van der Waals surface area contributed by atoms with Crippen LogP contribution < -0.4 is 4.72 Å². The van der Waals surface area contributed by atoms with Crippen LogP contribution in [-0.2, 0) is 10.0 Å². The summed E-state index contributed by atoms with van der Waals surface area (Å²) >= 11 is 3.13. The van der Waals surface area contributed by atoms with Crippen molar-refractivity contribution < 1.29 is 8.42 Å². The fourth-order valence-electron chi connectivity index (χ4n) is 1.28. The molecule has 0 radical (unpaired) electrons. The summed E-state index contributed by atoms with van der Waals surface area (Å²) < 4.78 is 26.9. The molecule has 18 heavy (non-hydrogen) atoms. The first-order valence-corrected chi connectivity index (χ1v) is 7.34. The molecule has 1 heterocycles. The predicted molar refractivity (Wildman–Crippen MR) is 71.7 cm³/mol. The zero-order chi connectivity index (χ0) is 13.2. The molecule has 0 saturated heterocycles. The molecule has 94 valence electrons. The van der Waals surface area contributed by atoms with Crippen LogP contribution in [-0.4, -0.2) is 18.6 Å². The van der Waals surface area contributed by atoms with Gasteiger partial charge in [0.05, 0.1) is 4.90 Å². The number of nitrogens with one attached hydrogen (secondary N) is 1. The third kappa shape index (κ3) is 3.05. The molecule has 0 bridgehead atoms. The SMILES string of the molecule is Cc1ccc(S(=O)(=O)Nc2ccc(Br)nn2)cc1. The van der Waals surface area contributed by atoms with E-state index in [2.05, 4.69) is 30.8 Å². The number of hydrogen-bond donors (Lipinski definition) is 1. The summed E-state index contributed by atoms with van der Waals surface area (Å²) in [5.41, 5.74) is 0.998. The van der Waals surface area contributed by atoms with Gasteiger partial charge in [-0.05, 0) is 47.1 Å². The maximum absolute atomic E-state index is 12.0. The van der Waals surface area contributed by atoms with Crippen molar-refractivity contribution in [2.45, 2.75) is 11.8 Å². The smallest absolute Gasteiger partial charge is 0.262 e. The number of nitrogens with zero attached hydrogens (tertiary/aromatic N) is 2. The quantitative estimate of drug-likeness (QED) is 0.939. The van der Waals surface area contributed by atoms with Gasteiger partial charge in [-0.2, -0.15) is 0 Å². The molecule has 0 amide bonds. The number of aryl methyl sites for hydroxylation is 1. The van der Waals surface area contributed by atoms with E-state index in [-0.39, 0.29) is 10.7 Å². The Kier molecular flexibility index (Phi) is 3.63. The Morgan fingerprint density at radius 1 is 1.06 bits per heavy atom. The van der Waals surface area contributed by atoms with Crippen LogP contribution in [0.25, 0.3) is 0 Å². The lowest BCUT2D eigenvalue weighted by Crippen LogP contribution is -2.14. The summed E-state index contributed by atoms with van der Waals surface area (Å²) in [5.74, 6) is 0.179. The van der Waals surface area contributed by atoms with Crippen LogP contribution in [0.3, 0.4) is 0 Å². The van der Waals surface area contributed by atoms with Gasteiger partial charge in [-0.15, -0.1) is 10.2 Å². The summed E-state index contributed by atoms with van der Waals surface area (Å²) in [5, 5.41) is 7.43. The van der Waals surface area contributed by atoms with E-state index < -0.39 is 10.0 Å². The highest BCUT2D eigenvalue weighted by Gasteiger charge is 2.14. The Balaban J connectivity index is 2.27. The maximum atomic E-state index is 12.0. The van der Waals surface area contributed by atoms with Crippen LogP contribution in [0.1, 0.15) is 5.56 Å². The van der Waals surface area contributed by atoms with Crippen LogP contribution in [0.15, 0.2) is 45.9 Å². The number of rotatable bonds is 3. The lowest BCUT2D eigenvalue weighted by atomic mass is 10.2. The number of sulfonamides is 1. The van der Waals surface area contributed by atoms with E-state index in [1.807, 2.05) is 6.92 Å². The second kappa shape index (κ2) is 5.03. The highest BCUT2D eigenvalue weighted by Crippen LogP contribution is 2.15. The highest BCUT2D eigenvalue weighted by molar-refractivity contribution is 9.10. The van der Waals surface area contributed by atoms with E-state index in [9.17, 15) is 8.42 Å². The maximum Gasteiger partial charge on any atom is 0.263 e. The fraction of sp³-hybridized carbons (Fsp3) is 0.0909. The molecule has 1 N–H and O–H groups in total. The highest BCUT2D eigenvalue weighted by atomic mass is 79.9. The minimum absolute atomic E-state index is 0.179. The van der Waals surface area contributed by atoms with Crippen molar-refractivity contribution in [2.75, 3.05) is 4.72 Å². The van der Waals surface area contributed by atoms with Crippen molar-refractivity contribution in [3.8, 4) is 0 Å². The van der Waals surface area contributed by atoms with Gasteiger partial charge in [0.2, 0.25) is 0 Å². The van der Waals surface area contributed by atoms with Gasteiger partial charge in [0, 0.05) is 0 Å². The van der Waals surface area contributed by atoms with Crippen molar-refractivity contribution >= 4 is 31.8 Å². The third-order valence-corrected chi connectivity index (χ3v) is 4.00. The van der Waals surface area contributed by atoms with Gasteiger partial charge in [0.25, 0.3) is 10.0 Å². The average Bonchev–Trinajstić information content (AvgIpc) is 2.32. The Labute approximate surface area is 113 Å². The third-order valence-electron chi connectivity index (χ3n) is 2.20. The zero-order valence-corrected chi connectivity index (χ0v) is 11.9. The van der Waals surface area contributed by atoms with Crippen molar-refractivity contribution in [2.24, 2.45) is 0 Å². The Morgan fingerprint density at radius 3 is 2.28 bits per heavy atom. The van der Waals surface area contributed by atoms with Gasteiger partial charge in [-0.3, -0.25) is 4.72 Å².